The minimum Gasteiger partial charge on any atom is -0.353 e. The summed E-state index contributed by atoms with van der Waals surface area (Å²) >= 11 is 0. The van der Waals surface area contributed by atoms with Crippen molar-refractivity contribution in [1.29, 1.82) is 0 Å². The Kier molecular flexibility index (Phi) is 4.52. The molecule has 0 spiro atoms. The second kappa shape index (κ2) is 7.15. The zero-order valence-corrected chi connectivity index (χ0v) is 15.0. The summed E-state index contributed by atoms with van der Waals surface area (Å²) in [5.41, 5.74) is 1.30. The molecule has 2 N–H and O–H groups in total. The smallest absolute Gasteiger partial charge is 0.316 e. The number of H-pyrrole nitrogens is 1. The largest absolute Gasteiger partial charge is 0.353 e. The SMILES string of the molecule is O=C(CN1Cc2ccccc2C1=O)NCCn1c(=O)c(=O)[nH]c2ccccc21. The predicted octanol–water partition coefficient (Wildman–Crippen LogP) is 0.462. The van der Waals surface area contributed by atoms with Crippen LogP contribution < -0.4 is 16.4 Å². The van der Waals surface area contributed by atoms with Crippen LogP contribution in [0.3, 0.4) is 0 Å². The summed E-state index contributed by atoms with van der Waals surface area (Å²) in [5, 5.41) is 2.71. The molecule has 0 bridgehead atoms. The van der Waals surface area contributed by atoms with Crippen molar-refractivity contribution in [2.24, 2.45) is 0 Å². The van der Waals surface area contributed by atoms with Crippen molar-refractivity contribution in [3.05, 3.63) is 80.4 Å². The van der Waals surface area contributed by atoms with Crippen LogP contribution >= 0.6 is 0 Å². The van der Waals surface area contributed by atoms with E-state index >= 15 is 0 Å². The summed E-state index contributed by atoms with van der Waals surface area (Å²) < 4.78 is 1.34. The average molecular weight is 378 g/mol. The second-order valence-electron chi connectivity index (χ2n) is 6.60. The highest BCUT2D eigenvalue weighted by molar-refractivity contribution is 6.00. The van der Waals surface area contributed by atoms with Gasteiger partial charge in [0.25, 0.3) is 5.91 Å². The lowest BCUT2D eigenvalue weighted by Gasteiger charge is -2.15. The highest BCUT2D eigenvalue weighted by Crippen LogP contribution is 2.21. The molecule has 0 aliphatic carbocycles. The maximum absolute atomic E-state index is 12.3. The molecule has 4 rings (SSSR count). The van der Waals surface area contributed by atoms with Gasteiger partial charge in [0.05, 0.1) is 11.0 Å². The molecule has 1 aliphatic rings. The predicted molar refractivity (Wildman–Crippen MR) is 103 cm³/mol. The number of carbonyl (C=O) groups excluding carboxylic acids is 2. The lowest BCUT2D eigenvalue weighted by molar-refractivity contribution is -0.121. The molecule has 2 amide bonds. The van der Waals surface area contributed by atoms with Crippen LogP contribution in [0.1, 0.15) is 15.9 Å². The van der Waals surface area contributed by atoms with E-state index in [1.807, 2.05) is 12.1 Å². The number of aromatic amines is 1. The Morgan fingerprint density at radius 2 is 1.79 bits per heavy atom. The molecule has 142 valence electrons. The standard InChI is InChI=1S/C20H18N4O4/c25-17(12-23-11-13-5-1-2-6-14(13)19(23)27)21-9-10-24-16-8-4-3-7-15(16)22-18(26)20(24)28/h1-8H,9-12H2,(H,21,25)(H,22,26). The van der Waals surface area contributed by atoms with Gasteiger partial charge >= 0.3 is 11.1 Å². The number of para-hydroxylation sites is 2. The molecule has 2 aromatic carbocycles. The van der Waals surface area contributed by atoms with Gasteiger partial charge in [0.1, 0.15) is 6.54 Å². The molecule has 1 aliphatic heterocycles. The molecular formula is C20H18N4O4. The third kappa shape index (κ3) is 3.20. The Labute approximate surface area is 159 Å². The average Bonchev–Trinajstić information content (AvgIpc) is 3.00. The number of rotatable bonds is 5. The van der Waals surface area contributed by atoms with Crippen molar-refractivity contribution in [1.82, 2.24) is 19.8 Å². The zero-order valence-electron chi connectivity index (χ0n) is 15.0. The van der Waals surface area contributed by atoms with E-state index < -0.39 is 11.1 Å². The van der Waals surface area contributed by atoms with E-state index in [0.717, 1.165) is 5.56 Å². The summed E-state index contributed by atoms with van der Waals surface area (Å²) in [6, 6.07) is 14.3. The number of amides is 2. The summed E-state index contributed by atoms with van der Waals surface area (Å²) in [6.45, 7) is 0.670. The van der Waals surface area contributed by atoms with E-state index in [-0.39, 0.29) is 31.4 Å². The molecule has 3 aromatic rings. The molecule has 0 saturated heterocycles. The molecule has 0 unspecified atom stereocenters. The fourth-order valence-corrected chi connectivity index (χ4v) is 3.42. The number of fused-ring (bicyclic) bond motifs is 2. The van der Waals surface area contributed by atoms with Crippen molar-refractivity contribution < 1.29 is 9.59 Å². The maximum atomic E-state index is 12.3. The second-order valence-corrected chi connectivity index (χ2v) is 6.60. The van der Waals surface area contributed by atoms with E-state index in [0.29, 0.717) is 23.1 Å². The van der Waals surface area contributed by atoms with Gasteiger partial charge in [-0.1, -0.05) is 30.3 Å². The van der Waals surface area contributed by atoms with Gasteiger partial charge in [0.15, 0.2) is 0 Å². The van der Waals surface area contributed by atoms with Crippen LogP contribution in [-0.4, -0.2) is 39.4 Å². The van der Waals surface area contributed by atoms with Crippen LogP contribution in [-0.2, 0) is 17.9 Å². The van der Waals surface area contributed by atoms with Gasteiger partial charge in [-0.15, -0.1) is 0 Å². The summed E-state index contributed by atoms with van der Waals surface area (Å²) in [7, 11) is 0. The number of benzene rings is 2. The van der Waals surface area contributed by atoms with Crippen molar-refractivity contribution in [3.8, 4) is 0 Å². The monoisotopic (exact) mass is 378 g/mol. The Morgan fingerprint density at radius 1 is 1.04 bits per heavy atom. The maximum Gasteiger partial charge on any atom is 0.316 e. The lowest BCUT2D eigenvalue weighted by Crippen LogP contribution is -2.41. The van der Waals surface area contributed by atoms with E-state index in [9.17, 15) is 19.2 Å². The highest BCUT2D eigenvalue weighted by atomic mass is 16.2. The van der Waals surface area contributed by atoms with Crippen molar-refractivity contribution >= 4 is 22.8 Å². The molecule has 2 heterocycles. The lowest BCUT2D eigenvalue weighted by atomic mass is 10.1. The molecule has 0 radical (unpaired) electrons. The van der Waals surface area contributed by atoms with Crippen LogP contribution in [0.4, 0.5) is 0 Å². The quantitative estimate of drug-likeness (QED) is 0.630. The third-order valence-electron chi connectivity index (χ3n) is 4.77. The first-order valence-electron chi connectivity index (χ1n) is 8.90. The Bertz CT molecular complexity index is 1190. The van der Waals surface area contributed by atoms with E-state index in [1.54, 1.807) is 36.4 Å². The summed E-state index contributed by atoms with van der Waals surface area (Å²) in [6.07, 6.45) is 0. The number of nitrogens with zero attached hydrogens (tertiary/aromatic N) is 2. The molecule has 8 nitrogen and oxygen atoms in total. The van der Waals surface area contributed by atoms with Crippen LogP contribution in [0.25, 0.3) is 11.0 Å². The van der Waals surface area contributed by atoms with E-state index in [1.165, 1.54) is 9.47 Å². The topological polar surface area (TPSA) is 104 Å². The van der Waals surface area contributed by atoms with Crippen molar-refractivity contribution in [2.75, 3.05) is 13.1 Å². The van der Waals surface area contributed by atoms with Gasteiger partial charge in [-0.3, -0.25) is 19.2 Å². The minimum absolute atomic E-state index is 0.0570. The van der Waals surface area contributed by atoms with Gasteiger partial charge in [-0.05, 0) is 23.8 Å². The Hall–Kier alpha value is -3.68. The van der Waals surface area contributed by atoms with Gasteiger partial charge < -0.3 is 19.8 Å². The van der Waals surface area contributed by atoms with E-state index in [4.69, 9.17) is 0 Å². The zero-order chi connectivity index (χ0) is 19.7. The highest BCUT2D eigenvalue weighted by Gasteiger charge is 2.28. The van der Waals surface area contributed by atoms with Gasteiger partial charge in [0.2, 0.25) is 5.91 Å². The van der Waals surface area contributed by atoms with E-state index in [2.05, 4.69) is 10.3 Å². The minimum atomic E-state index is -0.703. The Balaban J connectivity index is 1.40. The first kappa shape index (κ1) is 17.7. The van der Waals surface area contributed by atoms with Crippen LogP contribution in [0, 0.1) is 0 Å². The van der Waals surface area contributed by atoms with Gasteiger partial charge in [-0.2, -0.15) is 0 Å². The first-order valence-corrected chi connectivity index (χ1v) is 8.90. The fourth-order valence-electron chi connectivity index (χ4n) is 3.42. The number of carbonyl (C=O) groups is 2. The number of hydrogen-bond donors (Lipinski definition) is 2. The fraction of sp³-hybridized carbons (Fsp3) is 0.200. The van der Waals surface area contributed by atoms with Gasteiger partial charge in [-0.25, -0.2) is 0 Å². The number of aromatic nitrogens is 2. The van der Waals surface area contributed by atoms with Crippen molar-refractivity contribution in [3.63, 3.8) is 0 Å². The van der Waals surface area contributed by atoms with Gasteiger partial charge in [0, 0.05) is 25.2 Å². The summed E-state index contributed by atoms with van der Waals surface area (Å²) in [5.74, 6) is -0.481. The third-order valence-corrected chi connectivity index (χ3v) is 4.77. The molecule has 28 heavy (non-hydrogen) atoms. The molecule has 0 saturated carbocycles. The molecular weight excluding hydrogens is 360 g/mol. The molecule has 0 atom stereocenters. The first-order chi connectivity index (χ1) is 13.5. The molecule has 1 aromatic heterocycles. The van der Waals surface area contributed by atoms with Crippen molar-refractivity contribution in [2.45, 2.75) is 13.1 Å². The van der Waals surface area contributed by atoms with Crippen LogP contribution in [0.15, 0.2) is 58.1 Å². The molecule has 8 heteroatoms. The molecule has 0 fully saturated rings. The van der Waals surface area contributed by atoms with Crippen LogP contribution in [0.2, 0.25) is 0 Å². The normalized spacial score (nSPS) is 13.0. The Morgan fingerprint density at radius 3 is 2.61 bits per heavy atom. The summed E-state index contributed by atoms with van der Waals surface area (Å²) in [4.78, 5) is 52.5. The number of nitrogens with one attached hydrogen (secondary N) is 2. The number of hydrogen-bond acceptors (Lipinski definition) is 4. The van der Waals surface area contributed by atoms with Crippen LogP contribution in [0.5, 0.6) is 0 Å².